The molecule has 1 saturated heterocycles. The standard InChI is InChI=1S/C17H24F3N3O2S/c1-2-25-13-3-5-14(6-4-13)26-12-16(24)22-11-15(17(18,19)20)23-9-7-21-8-10-23/h3-6,15,21H,2,7-12H2,1H3,(H,22,24). The minimum Gasteiger partial charge on any atom is -0.494 e. The van der Waals surface area contributed by atoms with Crippen molar-refractivity contribution in [2.24, 2.45) is 0 Å². The maximum absolute atomic E-state index is 13.3. The molecule has 0 aliphatic carbocycles. The smallest absolute Gasteiger partial charge is 0.405 e. The Morgan fingerprint density at radius 1 is 1.31 bits per heavy atom. The van der Waals surface area contributed by atoms with Gasteiger partial charge in [0.1, 0.15) is 11.8 Å². The van der Waals surface area contributed by atoms with Crippen molar-refractivity contribution >= 4 is 17.7 Å². The average molecular weight is 391 g/mol. The number of piperazine rings is 1. The summed E-state index contributed by atoms with van der Waals surface area (Å²) < 4.78 is 45.2. The molecule has 26 heavy (non-hydrogen) atoms. The van der Waals surface area contributed by atoms with Crippen molar-refractivity contribution in [2.45, 2.75) is 24.0 Å². The molecule has 0 aromatic heterocycles. The highest BCUT2D eigenvalue weighted by Gasteiger charge is 2.43. The molecule has 0 radical (unpaired) electrons. The van der Waals surface area contributed by atoms with Crippen LogP contribution in [0.15, 0.2) is 29.2 Å². The number of hydrogen-bond donors (Lipinski definition) is 2. The van der Waals surface area contributed by atoms with Crippen LogP contribution in [-0.4, -0.2) is 68.1 Å². The molecule has 0 saturated carbocycles. The fourth-order valence-corrected chi connectivity index (χ4v) is 3.38. The number of alkyl halides is 3. The fourth-order valence-electron chi connectivity index (χ4n) is 2.65. The van der Waals surface area contributed by atoms with Gasteiger partial charge in [-0.3, -0.25) is 9.69 Å². The number of carbonyl (C=O) groups is 1. The lowest BCUT2D eigenvalue weighted by Crippen LogP contribution is -2.57. The van der Waals surface area contributed by atoms with Gasteiger partial charge in [-0.25, -0.2) is 0 Å². The topological polar surface area (TPSA) is 53.6 Å². The summed E-state index contributed by atoms with van der Waals surface area (Å²) in [7, 11) is 0. The number of thioether (sulfide) groups is 1. The number of halogens is 3. The van der Waals surface area contributed by atoms with Gasteiger partial charge >= 0.3 is 6.18 Å². The van der Waals surface area contributed by atoms with Gasteiger partial charge in [0.25, 0.3) is 0 Å². The first-order chi connectivity index (χ1) is 12.4. The molecule has 1 atom stereocenters. The van der Waals surface area contributed by atoms with Crippen LogP contribution in [-0.2, 0) is 4.79 Å². The molecule has 146 valence electrons. The number of nitrogens with one attached hydrogen (secondary N) is 2. The molecular formula is C17H24F3N3O2S. The zero-order valence-electron chi connectivity index (χ0n) is 14.6. The third-order valence-electron chi connectivity index (χ3n) is 3.97. The molecule has 9 heteroatoms. The van der Waals surface area contributed by atoms with E-state index >= 15 is 0 Å². The highest BCUT2D eigenvalue weighted by Crippen LogP contribution is 2.25. The van der Waals surface area contributed by atoms with Crippen LogP contribution in [0, 0.1) is 0 Å². The summed E-state index contributed by atoms with van der Waals surface area (Å²) in [6.07, 6.45) is -4.37. The Morgan fingerprint density at radius 3 is 2.54 bits per heavy atom. The first kappa shape index (κ1) is 20.9. The van der Waals surface area contributed by atoms with Crippen LogP contribution in [0.3, 0.4) is 0 Å². The minimum atomic E-state index is -4.37. The van der Waals surface area contributed by atoms with Crippen molar-refractivity contribution < 1.29 is 22.7 Å². The normalized spacial score (nSPS) is 16.9. The number of ether oxygens (including phenoxy) is 1. The lowest BCUT2D eigenvalue weighted by molar-refractivity contribution is -0.183. The van der Waals surface area contributed by atoms with Crippen LogP contribution >= 0.6 is 11.8 Å². The Morgan fingerprint density at radius 2 is 1.96 bits per heavy atom. The van der Waals surface area contributed by atoms with Crippen LogP contribution in [0.1, 0.15) is 6.92 Å². The first-order valence-electron chi connectivity index (χ1n) is 8.54. The number of hydrogen-bond acceptors (Lipinski definition) is 5. The van der Waals surface area contributed by atoms with E-state index in [1.54, 1.807) is 12.1 Å². The third kappa shape index (κ3) is 6.69. The average Bonchev–Trinajstić information content (AvgIpc) is 2.61. The third-order valence-corrected chi connectivity index (χ3v) is 4.98. The van der Waals surface area contributed by atoms with E-state index in [1.165, 1.54) is 16.7 Å². The Hall–Kier alpha value is -1.45. The van der Waals surface area contributed by atoms with E-state index in [9.17, 15) is 18.0 Å². The van der Waals surface area contributed by atoms with Gasteiger partial charge in [0.2, 0.25) is 5.91 Å². The van der Waals surface area contributed by atoms with Gasteiger partial charge in [-0.1, -0.05) is 0 Å². The lowest BCUT2D eigenvalue weighted by atomic mass is 10.2. The molecule has 1 fully saturated rings. The zero-order chi connectivity index (χ0) is 19.0. The van der Waals surface area contributed by atoms with Crippen molar-refractivity contribution in [2.75, 3.05) is 45.1 Å². The fraction of sp³-hybridized carbons (Fsp3) is 0.588. The van der Waals surface area contributed by atoms with Gasteiger partial charge in [-0.15, -0.1) is 11.8 Å². The molecule has 1 aliphatic heterocycles. The quantitative estimate of drug-likeness (QED) is 0.665. The van der Waals surface area contributed by atoms with Crippen LogP contribution in [0.5, 0.6) is 5.75 Å². The molecule has 1 unspecified atom stereocenters. The highest BCUT2D eigenvalue weighted by molar-refractivity contribution is 8.00. The van der Waals surface area contributed by atoms with E-state index in [0.29, 0.717) is 32.8 Å². The number of carbonyl (C=O) groups excluding carboxylic acids is 1. The predicted octanol–water partition coefficient (Wildman–Crippen LogP) is 2.13. The van der Waals surface area contributed by atoms with Gasteiger partial charge in [0.05, 0.1) is 12.4 Å². The molecule has 1 amide bonds. The summed E-state index contributed by atoms with van der Waals surface area (Å²) in [6, 6.07) is 5.59. The van der Waals surface area contributed by atoms with Gasteiger partial charge in [0, 0.05) is 37.6 Å². The molecule has 1 aliphatic rings. The lowest BCUT2D eigenvalue weighted by Gasteiger charge is -2.35. The number of benzene rings is 1. The number of amides is 1. The van der Waals surface area contributed by atoms with Crippen molar-refractivity contribution in [3.63, 3.8) is 0 Å². The molecule has 2 N–H and O–H groups in total. The second-order valence-corrected chi connectivity index (χ2v) is 6.89. The molecule has 2 rings (SSSR count). The molecule has 1 heterocycles. The summed E-state index contributed by atoms with van der Waals surface area (Å²) in [4.78, 5) is 14.2. The second-order valence-electron chi connectivity index (χ2n) is 5.84. The summed E-state index contributed by atoms with van der Waals surface area (Å²) in [5, 5.41) is 5.45. The monoisotopic (exact) mass is 391 g/mol. The first-order valence-corrected chi connectivity index (χ1v) is 9.52. The maximum atomic E-state index is 13.3. The molecule has 1 aromatic rings. The Bertz CT molecular complexity index is 563. The van der Waals surface area contributed by atoms with E-state index in [4.69, 9.17) is 4.74 Å². The van der Waals surface area contributed by atoms with Crippen molar-refractivity contribution in [3.8, 4) is 5.75 Å². The van der Waals surface area contributed by atoms with Crippen LogP contribution in [0.4, 0.5) is 13.2 Å². The van der Waals surface area contributed by atoms with Gasteiger partial charge in [-0.05, 0) is 31.2 Å². The summed E-state index contributed by atoms with van der Waals surface area (Å²) in [6.45, 7) is 3.72. The van der Waals surface area contributed by atoms with Crippen molar-refractivity contribution in [3.05, 3.63) is 24.3 Å². The van der Waals surface area contributed by atoms with Crippen molar-refractivity contribution in [1.29, 1.82) is 0 Å². The summed E-state index contributed by atoms with van der Waals surface area (Å²) >= 11 is 1.28. The summed E-state index contributed by atoms with van der Waals surface area (Å²) in [5.74, 6) is 0.402. The number of nitrogens with zero attached hydrogens (tertiary/aromatic N) is 1. The SMILES string of the molecule is CCOc1ccc(SCC(=O)NCC(N2CCNCC2)C(F)(F)F)cc1. The molecule has 1 aromatic carbocycles. The van der Waals surface area contributed by atoms with E-state index in [0.717, 1.165) is 10.6 Å². The van der Waals surface area contributed by atoms with E-state index in [2.05, 4.69) is 10.6 Å². The Balaban J connectivity index is 1.80. The summed E-state index contributed by atoms with van der Waals surface area (Å²) in [5.41, 5.74) is 0. The van der Waals surface area contributed by atoms with Crippen LogP contribution in [0.2, 0.25) is 0 Å². The predicted molar refractivity (Wildman–Crippen MR) is 95.6 cm³/mol. The van der Waals surface area contributed by atoms with E-state index in [-0.39, 0.29) is 5.75 Å². The Kier molecular flexibility index (Phi) is 8.05. The van der Waals surface area contributed by atoms with Crippen LogP contribution < -0.4 is 15.4 Å². The second kappa shape index (κ2) is 10.0. The van der Waals surface area contributed by atoms with Crippen LogP contribution in [0.25, 0.3) is 0 Å². The van der Waals surface area contributed by atoms with Gasteiger partial charge in [0.15, 0.2) is 0 Å². The van der Waals surface area contributed by atoms with E-state index < -0.39 is 24.7 Å². The molecule has 5 nitrogen and oxygen atoms in total. The minimum absolute atomic E-state index is 0.0696. The zero-order valence-corrected chi connectivity index (χ0v) is 15.5. The highest BCUT2D eigenvalue weighted by atomic mass is 32.2. The van der Waals surface area contributed by atoms with E-state index in [1.807, 2.05) is 19.1 Å². The number of rotatable bonds is 8. The Labute approximate surface area is 155 Å². The maximum Gasteiger partial charge on any atom is 0.405 e. The molecule has 0 bridgehead atoms. The molecule has 0 spiro atoms. The largest absolute Gasteiger partial charge is 0.494 e. The van der Waals surface area contributed by atoms with Crippen molar-refractivity contribution in [1.82, 2.24) is 15.5 Å². The molecular weight excluding hydrogens is 367 g/mol. The van der Waals surface area contributed by atoms with Gasteiger partial charge in [-0.2, -0.15) is 13.2 Å². The van der Waals surface area contributed by atoms with Gasteiger partial charge < -0.3 is 15.4 Å².